The summed E-state index contributed by atoms with van der Waals surface area (Å²) in [7, 11) is 3.09. The van der Waals surface area contributed by atoms with Crippen molar-refractivity contribution in [1.29, 1.82) is 0 Å². The van der Waals surface area contributed by atoms with Crippen LogP contribution in [0.15, 0.2) is 0 Å². The molecule has 0 bridgehead atoms. The van der Waals surface area contributed by atoms with Crippen molar-refractivity contribution in [2.24, 2.45) is 5.92 Å². The number of anilines is 1. The van der Waals surface area contributed by atoms with E-state index in [-0.39, 0.29) is 24.9 Å². The quantitative estimate of drug-likeness (QED) is 0.696. The van der Waals surface area contributed by atoms with E-state index < -0.39 is 5.97 Å². The second-order valence-corrected chi connectivity index (χ2v) is 8.87. The lowest BCUT2D eigenvalue weighted by atomic mass is 9.88. The molecule has 3 rings (SSSR count). The maximum atomic E-state index is 12.6. The lowest BCUT2D eigenvalue weighted by Crippen LogP contribution is -2.46. The maximum absolute atomic E-state index is 12.6. The van der Waals surface area contributed by atoms with Gasteiger partial charge in [-0.25, -0.2) is 4.79 Å². The van der Waals surface area contributed by atoms with Gasteiger partial charge in [-0.15, -0.1) is 11.3 Å². The number of carbonyl (C=O) groups is 3. The fourth-order valence-corrected chi connectivity index (χ4v) is 5.18. The molecule has 1 aliphatic heterocycles. The highest BCUT2D eigenvalue weighted by atomic mass is 32.1. The summed E-state index contributed by atoms with van der Waals surface area (Å²) in [5.41, 5.74) is 1.49. The molecule has 1 fully saturated rings. The van der Waals surface area contributed by atoms with Gasteiger partial charge in [0, 0.05) is 18.0 Å². The van der Waals surface area contributed by atoms with Crippen LogP contribution >= 0.6 is 11.3 Å². The molecule has 160 valence electrons. The number of fused-ring (bicyclic) bond motifs is 1. The Morgan fingerprint density at radius 3 is 2.69 bits per heavy atom. The van der Waals surface area contributed by atoms with Gasteiger partial charge in [0.25, 0.3) is 0 Å². The average molecular weight is 424 g/mol. The van der Waals surface area contributed by atoms with Crippen LogP contribution in [0.4, 0.5) is 5.00 Å². The van der Waals surface area contributed by atoms with Crippen molar-refractivity contribution in [1.82, 2.24) is 9.80 Å². The van der Waals surface area contributed by atoms with Gasteiger partial charge in [-0.05, 0) is 37.8 Å². The molecular weight excluding hydrogens is 394 g/mol. The first kappa shape index (κ1) is 21.7. The van der Waals surface area contributed by atoms with Gasteiger partial charge in [0.1, 0.15) is 5.00 Å². The highest BCUT2D eigenvalue weighted by Gasteiger charge is 2.29. The number of likely N-dealkylation sites (N-methyl/N-ethyl adjacent to an activating group) is 1. The predicted molar refractivity (Wildman–Crippen MR) is 110 cm³/mol. The third-order valence-corrected chi connectivity index (χ3v) is 6.51. The molecule has 1 aliphatic carbocycles. The van der Waals surface area contributed by atoms with E-state index in [9.17, 15) is 14.4 Å². The van der Waals surface area contributed by atoms with E-state index in [1.54, 1.807) is 16.8 Å². The molecule has 1 aromatic heterocycles. The molecule has 1 saturated heterocycles. The van der Waals surface area contributed by atoms with Crippen LogP contribution in [-0.4, -0.2) is 81.1 Å². The van der Waals surface area contributed by atoms with E-state index in [0.29, 0.717) is 42.8 Å². The van der Waals surface area contributed by atoms with Crippen molar-refractivity contribution in [2.75, 3.05) is 58.9 Å². The number of rotatable bonds is 6. The second kappa shape index (κ2) is 9.69. The van der Waals surface area contributed by atoms with Gasteiger partial charge in [0.05, 0.1) is 39.0 Å². The molecule has 1 N–H and O–H groups in total. The molecule has 2 heterocycles. The zero-order valence-electron chi connectivity index (χ0n) is 17.3. The summed E-state index contributed by atoms with van der Waals surface area (Å²) in [5.74, 6) is -0.116. The van der Waals surface area contributed by atoms with Crippen LogP contribution in [0.1, 0.15) is 34.1 Å². The maximum Gasteiger partial charge on any atom is 0.341 e. The van der Waals surface area contributed by atoms with E-state index in [4.69, 9.17) is 9.47 Å². The fourth-order valence-electron chi connectivity index (χ4n) is 3.77. The molecule has 0 spiro atoms. The van der Waals surface area contributed by atoms with Crippen LogP contribution in [0.2, 0.25) is 0 Å². The number of morpholine rings is 1. The minimum Gasteiger partial charge on any atom is -0.465 e. The van der Waals surface area contributed by atoms with Gasteiger partial charge in [-0.1, -0.05) is 6.92 Å². The number of carbonyl (C=O) groups excluding carboxylic acids is 3. The summed E-state index contributed by atoms with van der Waals surface area (Å²) in [4.78, 5) is 41.8. The summed E-state index contributed by atoms with van der Waals surface area (Å²) in [6, 6.07) is 0. The number of methoxy groups -OCH3 is 1. The molecule has 0 saturated carbocycles. The first-order valence-corrected chi connectivity index (χ1v) is 10.8. The van der Waals surface area contributed by atoms with Crippen LogP contribution in [0.25, 0.3) is 0 Å². The monoisotopic (exact) mass is 423 g/mol. The van der Waals surface area contributed by atoms with Crippen molar-refractivity contribution in [2.45, 2.75) is 26.2 Å². The normalized spacial score (nSPS) is 19.0. The number of hydrogen-bond donors (Lipinski definition) is 1. The molecule has 2 amide bonds. The van der Waals surface area contributed by atoms with Crippen LogP contribution in [0.3, 0.4) is 0 Å². The average Bonchev–Trinajstić information content (AvgIpc) is 3.04. The summed E-state index contributed by atoms with van der Waals surface area (Å²) in [6.45, 7) is 4.69. The third kappa shape index (κ3) is 5.34. The molecule has 0 radical (unpaired) electrons. The highest BCUT2D eigenvalue weighted by Crippen LogP contribution is 2.40. The largest absolute Gasteiger partial charge is 0.465 e. The minimum absolute atomic E-state index is 0.0144. The molecule has 1 atom stereocenters. The molecule has 0 unspecified atom stereocenters. The lowest BCUT2D eigenvalue weighted by molar-refractivity contribution is -0.136. The summed E-state index contributed by atoms with van der Waals surface area (Å²) >= 11 is 1.46. The number of nitrogens with zero attached hydrogens (tertiary/aromatic N) is 2. The Morgan fingerprint density at radius 1 is 1.28 bits per heavy atom. The molecule has 9 heteroatoms. The van der Waals surface area contributed by atoms with E-state index in [1.807, 2.05) is 0 Å². The van der Waals surface area contributed by atoms with E-state index in [0.717, 1.165) is 29.7 Å². The van der Waals surface area contributed by atoms with Crippen LogP contribution < -0.4 is 5.32 Å². The number of amides is 2. The van der Waals surface area contributed by atoms with Gasteiger partial charge in [-0.3, -0.25) is 14.5 Å². The smallest absolute Gasteiger partial charge is 0.341 e. The number of hydrogen-bond acceptors (Lipinski definition) is 7. The van der Waals surface area contributed by atoms with Crippen molar-refractivity contribution < 1.29 is 23.9 Å². The molecule has 1 aromatic rings. The molecule has 2 aliphatic rings. The molecule has 0 aromatic carbocycles. The number of thiophene rings is 1. The topological polar surface area (TPSA) is 88.2 Å². The molecule has 29 heavy (non-hydrogen) atoms. The van der Waals surface area contributed by atoms with Crippen molar-refractivity contribution >= 4 is 34.1 Å². The SMILES string of the molecule is COC(=O)c1c(NC(=O)CN(C)CC(=O)N2CCOCC2)sc2c1CC[C@@H](C)C2. The summed E-state index contributed by atoms with van der Waals surface area (Å²) in [5, 5.41) is 3.42. The molecule has 8 nitrogen and oxygen atoms in total. The Hall–Kier alpha value is -1.97. The zero-order valence-corrected chi connectivity index (χ0v) is 18.1. The molecular formula is C20H29N3O5S. The summed E-state index contributed by atoms with van der Waals surface area (Å²) in [6.07, 6.45) is 2.75. The van der Waals surface area contributed by atoms with Crippen LogP contribution in [0.5, 0.6) is 0 Å². The van der Waals surface area contributed by atoms with Gasteiger partial charge in [0.15, 0.2) is 0 Å². The Kier molecular flexibility index (Phi) is 7.26. The Balaban J connectivity index is 1.62. The first-order chi connectivity index (χ1) is 13.9. The predicted octanol–water partition coefficient (Wildman–Crippen LogP) is 1.39. The van der Waals surface area contributed by atoms with Crippen molar-refractivity contribution in [3.05, 3.63) is 16.0 Å². The second-order valence-electron chi connectivity index (χ2n) is 7.76. The van der Waals surface area contributed by atoms with E-state index in [2.05, 4.69) is 12.2 Å². The highest BCUT2D eigenvalue weighted by molar-refractivity contribution is 7.17. The number of nitrogens with one attached hydrogen (secondary N) is 1. The standard InChI is InChI=1S/C20H29N3O5S/c1-13-4-5-14-15(10-13)29-19(18(14)20(26)27-3)21-16(24)11-22(2)12-17(25)23-6-8-28-9-7-23/h13H,4-12H2,1-3H3,(H,21,24)/t13-/m1/s1. The summed E-state index contributed by atoms with van der Waals surface area (Å²) < 4.78 is 10.2. The number of ether oxygens (including phenoxy) is 2. The van der Waals surface area contributed by atoms with Gasteiger partial charge >= 0.3 is 5.97 Å². The van der Waals surface area contributed by atoms with Crippen LogP contribution in [-0.2, 0) is 31.9 Å². The van der Waals surface area contributed by atoms with E-state index in [1.165, 1.54) is 18.4 Å². The van der Waals surface area contributed by atoms with Gasteiger partial charge < -0.3 is 19.7 Å². The fraction of sp³-hybridized carbons (Fsp3) is 0.650. The zero-order chi connectivity index (χ0) is 21.0. The minimum atomic E-state index is -0.414. The Morgan fingerprint density at radius 2 is 2.00 bits per heavy atom. The van der Waals surface area contributed by atoms with E-state index >= 15 is 0 Å². The lowest BCUT2D eigenvalue weighted by Gasteiger charge is -2.28. The Bertz CT molecular complexity index is 772. The number of esters is 1. The van der Waals surface area contributed by atoms with Crippen molar-refractivity contribution in [3.8, 4) is 0 Å². The first-order valence-electron chi connectivity index (χ1n) is 9.95. The third-order valence-electron chi connectivity index (χ3n) is 5.34. The van der Waals surface area contributed by atoms with Crippen molar-refractivity contribution in [3.63, 3.8) is 0 Å². The van der Waals surface area contributed by atoms with Gasteiger partial charge in [0.2, 0.25) is 11.8 Å². The van der Waals surface area contributed by atoms with Crippen LogP contribution in [0, 0.1) is 5.92 Å². The Labute approximate surface area is 175 Å². The van der Waals surface area contributed by atoms with Gasteiger partial charge in [-0.2, -0.15) is 0 Å².